The van der Waals surface area contributed by atoms with E-state index in [1.807, 2.05) is 17.4 Å². The Kier molecular flexibility index (Phi) is 2.68. The van der Waals surface area contributed by atoms with E-state index in [4.69, 9.17) is 11.6 Å². The van der Waals surface area contributed by atoms with E-state index in [-0.39, 0.29) is 0 Å². The van der Waals surface area contributed by atoms with Crippen LogP contribution in [0.2, 0.25) is 5.02 Å². The van der Waals surface area contributed by atoms with Crippen LogP contribution in [0, 0.1) is 5.92 Å². The molecular formula is C16H14ClNS. The minimum Gasteiger partial charge on any atom is -0.376 e. The molecule has 3 unspecified atom stereocenters. The van der Waals surface area contributed by atoms with Crippen LogP contribution in [-0.4, -0.2) is 0 Å². The van der Waals surface area contributed by atoms with Crippen LogP contribution in [0.1, 0.15) is 28.8 Å². The second-order valence-electron chi connectivity index (χ2n) is 5.19. The van der Waals surface area contributed by atoms with Crippen molar-refractivity contribution in [3.63, 3.8) is 0 Å². The Bertz CT molecular complexity index is 632. The predicted octanol–water partition coefficient (Wildman–Crippen LogP) is 5.23. The van der Waals surface area contributed by atoms with Gasteiger partial charge >= 0.3 is 0 Å². The van der Waals surface area contributed by atoms with Gasteiger partial charge in [-0.05, 0) is 35.4 Å². The zero-order chi connectivity index (χ0) is 12.8. The van der Waals surface area contributed by atoms with Gasteiger partial charge in [0.2, 0.25) is 0 Å². The number of hydrogen-bond donors (Lipinski definition) is 1. The van der Waals surface area contributed by atoms with Crippen molar-refractivity contribution < 1.29 is 0 Å². The van der Waals surface area contributed by atoms with Gasteiger partial charge in [0, 0.05) is 10.8 Å². The number of rotatable bonds is 1. The van der Waals surface area contributed by atoms with Crippen molar-refractivity contribution in [3.05, 3.63) is 63.3 Å². The molecule has 4 rings (SSSR count). The molecule has 2 aromatic rings. The van der Waals surface area contributed by atoms with Crippen molar-refractivity contribution in [2.45, 2.75) is 18.4 Å². The fourth-order valence-corrected chi connectivity index (χ4v) is 4.42. The van der Waals surface area contributed by atoms with Crippen LogP contribution in [0.3, 0.4) is 0 Å². The maximum absolute atomic E-state index is 6.38. The summed E-state index contributed by atoms with van der Waals surface area (Å²) in [5, 5.41) is 6.66. The van der Waals surface area contributed by atoms with Crippen molar-refractivity contribution in [1.29, 1.82) is 0 Å². The van der Waals surface area contributed by atoms with Gasteiger partial charge in [-0.25, -0.2) is 0 Å². The Morgan fingerprint density at radius 1 is 1.21 bits per heavy atom. The number of allylic oxidation sites excluding steroid dienone is 2. The number of nitrogens with one attached hydrogen (secondary N) is 1. The molecule has 0 radical (unpaired) electrons. The molecule has 2 aliphatic rings. The Morgan fingerprint density at radius 3 is 3.00 bits per heavy atom. The lowest BCUT2D eigenvalue weighted by molar-refractivity contribution is 0.430. The maximum atomic E-state index is 6.38. The normalized spacial score (nSPS) is 27.7. The van der Waals surface area contributed by atoms with Crippen LogP contribution in [0.15, 0.2) is 47.9 Å². The quantitative estimate of drug-likeness (QED) is 0.708. The molecule has 19 heavy (non-hydrogen) atoms. The first-order valence-electron chi connectivity index (χ1n) is 6.59. The number of halogens is 1. The lowest BCUT2D eigenvalue weighted by atomic mass is 9.79. The molecule has 1 aromatic heterocycles. The van der Waals surface area contributed by atoms with Gasteiger partial charge in [0.05, 0.1) is 16.8 Å². The lowest BCUT2D eigenvalue weighted by Gasteiger charge is -2.37. The van der Waals surface area contributed by atoms with Gasteiger partial charge in [-0.3, -0.25) is 0 Å². The number of anilines is 1. The second kappa shape index (κ2) is 4.39. The van der Waals surface area contributed by atoms with Crippen molar-refractivity contribution in [2.75, 3.05) is 5.32 Å². The highest BCUT2D eigenvalue weighted by molar-refractivity contribution is 7.10. The maximum Gasteiger partial charge on any atom is 0.0647 e. The predicted molar refractivity (Wildman–Crippen MR) is 82.1 cm³/mol. The van der Waals surface area contributed by atoms with Crippen LogP contribution in [-0.2, 0) is 0 Å². The summed E-state index contributed by atoms with van der Waals surface area (Å²) in [4.78, 5) is 1.41. The van der Waals surface area contributed by atoms with Gasteiger partial charge in [-0.1, -0.05) is 42.0 Å². The molecule has 0 spiro atoms. The van der Waals surface area contributed by atoms with E-state index < -0.39 is 0 Å². The fourth-order valence-electron chi connectivity index (χ4n) is 3.33. The standard InChI is InChI=1S/C16H14ClNS/c17-13-7-2-6-11-10-4-1-5-12(10)16(18-15(11)13)14-8-3-9-19-14/h1-4,6-10,12,16,18H,5H2. The molecule has 0 bridgehead atoms. The average Bonchev–Trinajstić information content (AvgIpc) is 3.10. The first-order valence-corrected chi connectivity index (χ1v) is 7.85. The molecule has 0 fully saturated rings. The third-order valence-electron chi connectivity index (χ3n) is 4.20. The first kappa shape index (κ1) is 11.6. The van der Waals surface area contributed by atoms with E-state index in [0.717, 1.165) is 17.1 Å². The summed E-state index contributed by atoms with van der Waals surface area (Å²) in [5.74, 6) is 1.12. The number of thiophene rings is 1. The molecule has 96 valence electrons. The molecule has 0 saturated heterocycles. The molecule has 1 aliphatic heterocycles. The van der Waals surface area contributed by atoms with E-state index in [0.29, 0.717) is 17.9 Å². The SMILES string of the molecule is Clc1cccc2c1NC(c1cccs1)C1CC=CC21. The smallest absolute Gasteiger partial charge is 0.0647 e. The van der Waals surface area contributed by atoms with E-state index in [1.54, 1.807) is 0 Å². The van der Waals surface area contributed by atoms with Gasteiger partial charge in [0.15, 0.2) is 0 Å². The first-order chi connectivity index (χ1) is 9.34. The van der Waals surface area contributed by atoms with Gasteiger partial charge in [0.1, 0.15) is 0 Å². The number of fused-ring (bicyclic) bond motifs is 3. The third kappa shape index (κ3) is 1.74. The monoisotopic (exact) mass is 287 g/mol. The van der Waals surface area contributed by atoms with Crippen LogP contribution in [0.5, 0.6) is 0 Å². The van der Waals surface area contributed by atoms with E-state index in [2.05, 4.69) is 47.1 Å². The topological polar surface area (TPSA) is 12.0 Å². The lowest BCUT2D eigenvalue weighted by Crippen LogP contribution is -2.28. The summed E-state index contributed by atoms with van der Waals surface area (Å²) in [6, 6.07) is 11.0. The van der Waals surface area contributed by atoms with Crippen molar-refractivity contribution in [2.24, 2.45) is 5.92 Å². The molecular weight excluding hydrogens is 274 g/mol. The summed E-state index contributed by atoms with van der Waals surface area (Å²) in [7, 11) is 0. The highest BCUT2D eigenvalue weighted by Gasteiger charge is 2.38. The van der Waals surface area contributed by atoms with Crippen LogP contribution in [0.4, 0.5) is 5.69 Å². The molecule has 1 nitrogen and oxygen atoms in total. The van der Waals surface area contributed by atoms with E-state index in [9.17, 15) is 0 Å². The van der Waals surface area contributed by atoms with Crippen LogP contribution in [0.25, 0.3) is 0 Å². The Labute approximate surface area is 121 Å². The number of para-hydroxylation sites is 1. The van der Waals surface area contributed by atoms with Crippen molar-refractivity contribution >= 4 is 28.6 Å². The molecule has 1 aromatic carbocycles. The largest absolute Gasteiger partial charge is 0.376 e. The van der Waals surface area contributed by atoms with E-state index >= 15 is 0 Å². The Morgan fingerprint density at radius 2 is 2.16 bits per heavy atom. The van der Waals surface area contributed by atoms with Gasteiger partial charge in [-0.2, -0.15) is 0 Å². The van der Waals surface area contributed by atoms with E-state index in [1.165, 1.54) is 10.4 Å². The van der Waals surface area contributed by atoms with Gasteiger partial charge < -0.3 is 5.32 Å². The second-order valence-corrected chi connectivity index (χ2v) is 6.58. The molecule has 1 N–H and O–H groups in total. The summed E-state index contributed by atoms with van der Waals surface area (Å²) in [6.45, 7) is 0. The minimum atomic E-state index is 0.382. The Hall–Kier alpha value is -1.25. The van der Waals surface area contributed by atoms with Gasteiger partial charge in [-0.15, -0.1) is 11.3 Å². The van der Waals surface area contributed by atoms with Crippen molar-refractivity contribution in [1.82, 2.24) is 0 Å². The molecule has 0 saturated carbocycles. The van der Waals surface area contributed by atoms with Gasteiger partial charge in [0.25, 0.3) is 0 Å². The average molecular weight is 288 g/mol. The van der Waals surface area contributed by atoms with Crippen LogP contribution >= 0.6 is 22.9 Å². The van der Waals surface area contributed by atoms with Crippen molar-refractivity contribution in [3.8, 4) is 0 Å². The van der Waals surface area contributed by atoms with Crippen LogP contribution < -0.4 is 5.32 Å². The molecule has 2 heterocycles. The summed E-state index contributed by atoms with van der Waals surface area (Å²) >= 11 is 8.20. The zero-order valence-electron chi connectivity index (χ0n) is 10.3. The molecule has 1 aliphatic carbocycles. The summed E-state index contributed by atoms with van der Waals surface area (Å²) in [5.41, 5.74) is 2.47. The molecule has 0 amide bonds. The minimum absolute atomic E-state index is 0.382. The molecule has 3 heteroatoms. The Balaban J connectivity index is 1.85. The highest BCUT2D eigenvalue weighted by atomic mass is 35.5. The zero-order valence-corrected chi connectivity index (χ0v) is 11.9. The highest BCUT2D eigenvalue weighted by Crippen LogP contribution is 2.51. The summed E-state index contributed by atoms with van der Waals surface area (Å²) in [6.07, 6.45) is 5.81. The number of benzene rings is 1. The fraction of sp³-hybridized carbons (Fsp3) is 0.250. The summed E-state index contributed by atoms with van der Waals surface area (Å²) < 4.78 is 0. The number of hydrogen-bond acceptors (Lipinski definition) is 2. The third-order valence-corrected chi connectivity index (χ3v) is 5.47. The molecule has 3 atom stereocenters.